The lowest BCUT2D eigenvalue weighted by Crippen LogP contribution is -2.30. The first-order chi connectivity index (χ1) is 33.0. The third kappa shape index (κ3) is 54.2. The van der Waals surface area contributed by atoms with E-state index < -0.39 is 6.10 Å². The molecule has 67 heavy (non-hydrogen) atoms. The zero-order valence-electron chi connectivity index (χ0n) is 44.7. The molecule has 0 spiro atoms. The Morgan fingerprint density at radius 3 is 0.881 bits per heavy atom. The molecule has 0 saturated carbocycles. The minimum Gasteiger partial charge on any atom is -0.462 e. The monoisotopic (exact) mass is 939 g/mol. The Bertz CT molecular complexity index is 1170. The summed E-state index contributed by atoms with van der Waals surface area (Å²) in [4.78, 5) is 38.2. The second-order valence-electron chi connectivity index (χ2n) is 19.5. The maximum absolute atomic E-state index is 12.8. The van der Waals surface area contributed by atoms with Gasteiger partial charge in [0, 0.05) is 19.3 Å². The first kappa shape index (κ1) is 64.4. The molecule has 0 heterocycles. The van der Waals surface area contributed by atoms with E-state index in [4.69, 9.17) is 14.2 Å². The summed E-state index contributed by atoms with van der Waals surface area (Å²) in [6.07, 6.45) is 68.1. The number of carbonyl (C=O) groups is 3. The summed E-state index contributed by atoms with van der Waals surface area (Å²) < 4.78 is 16.9. The van der Waals surface area contributed by atoms with Gasteiger partial charge < -0.3 is 14.2 Å². The van der Waals surface area contributed by atoms with Crippen LogP contribution in [0.3, 0.4) is 0 Å². The van der Waals surface area contributed by atoms with Crippen molar-refractivity contribution in [3.63, 3.8) is 0 Å². The van der Waals surface area contributed by atoms with Crippen LogP contribution in [0.4, 0.5) is 0 Å². The smallest absolute Gasteiger partial charge is 0.306 e. The summed E-state index contributed by atoms with van der Waals surface area (Å²) in [5, 5.41) is 0. The molecule has 0 aliphatic rings. The summed E-state index contributed by atoms with van der Waals surface area (Å²) in [6.45, 7) is 6.62. The number of esters is 3. The van der Waals surface area contributed by atoms with Crippen LogP contribution in [0.25, 0.3) is 0 Å². The van der Waals surface area contributed by atoms with Gasteiger partial charge in [-0.1, -0.05) is 230 Å². The van der Waals surface area contributed by atoms with Crippen molar-refractivity contribution in [2.45, 2.75) is 309 Å². The van der Waals surface area contributed by atoms with Crippen molar-refractivity contribution in [2.75, 3.05) is 13.2 Å². The maximum Gasteiger partial charge on any atom is 0.306 e. The maximum atomic E-state index is 12.8. The van der Waals surface area contributed by atoms with Gasteiger partial charge in [0.1, 0.15) is 13.2 Å². The molecule has 0 unspecified atom stereocenters. The standard InChI is InChI=1S/C61H110O6/c1-4-7-10-13-16-19-22-25-28-30-33-35-38-41-44-47-50-53-59(62)65-56-58(67-61(64)55-52-49-46-43-40-37-32-27-24-21-18-15-12-9-6-3)57-66-60(63)54-51-48-45-42-39-36-34-31-29-26-23-20-17-14-11-8-5-2/h16,19,21,24-26,28-29,58H,4-15,17-18,20,22-23,27,30-57H2,1-3H3/b19-16-,24-21-,28-25-,29-26-/t58-/m1/s1. The first-order valence-electron chi connectivity index (χ1n) is 29.1. The number of carbonyl (C=O) groups excluding carboxylic acids is 3. The second-order valence-corrected chi connectivity index (χ2v) is 19.5. The lowest BCUT2D eigenvalue weighted by atomic mass is 10.1. The van der Waals surface area contributed by atoms with E-state index in [1.165, 1.54) is 193 Å². The minimum atomic E-state index is -0.780. The van der Waals surface area contributed by atoms with Crippen LogP contribution in [0.1, 0.15) is 303 Å². The van der Waals surface area contributed by atoms with Gasteiger partial charge in [-0.2, -0.15) is 0 Å². The molecule has 0 aromatic heterocycles. The number of unbranched alkanes of at least 4 members (excludes halogenated alkanes) is 34. The number of rotatable bonds is 53. The lowest BCUT2D eigenvalue weighted by Gasteiger charge is -2.18. The molecule has 390 valence electrons. The molecule has 0 radical (unpaired) electrons. The van der Waals surface area contributed by atoms with E-state index in [2.05, 4.69) is 69.4 Å². The quantitative estimate of drug-likeness (QED) is 0.0262. The predicted octanol–water partition coefficient (Wildman–Crippen LogP) is 19.4. The molecule has 0 saturated heterocycles. The van der Waals surface area contributed by atoms with Gasteiger partial charge in [-0.3, -0.25) is 14.4 Å². The highest BCUT2D eigenvalue weighted by Crippen LogP contribution is 2.15. The van der Waals surface area contributed by atoms with Gasteiger partial charge in [0.25, 0.3) is 0 Å². The molecule has 0 bridgehead atoms. The highest BCUT2D eigenvalue weighted by Gasteiger charge is 2.19. The largest absolute Gasteiger partial charge is 0.462 e. The van der Waals surface area contributed by atoms with Gasteiger partial charge in [-0.15, -0.1) is 0 Å². The molecule has 0 rings (SSSR count). The lowest BCUT2D eigenvalue weighted by molar-refractivity contribution is -0.167. The molecule has 1 atom stereocenters. The van der Waals surface area contributed by atoms with Crippen LogP contribution in [-0.4, -0.2) is 37.2 Å². The number of hydrogen-bond acceptors (Lipinski definition) is 6. The van der Waals surface area contributed by atoms with Crippen molar-refractivity contribution in [1.82, 2.24) is 0 Å². The Hall–Kier alpha value is -2.63. The average Bonchev–Trinajstić information content (AvgIpc) is 3.33. The van der Waals surface area contributed by atoms with Crippen LogP contribution in [0.5, 0.6) is 0 Å². The van der Waals surface area contributed by atoms with Crippen LogP contribution < -0.4 is 0 Å². The average molecular weight is 940 g/mol. The molecule has 6 nitrogen and oxygen atoms in total. The van der Waals surface area contributed by atoms with Gasteiger partial charge in [0.2, 0.25) is 0 Å². The van der Waals surface area contributed by atoms with Gasteiger partial charge in [0.05, 0.1) is 0 Å². The van der Waals surface area contributed by atoms with E-state index >= 15 is 0 Å². The third-order valence-electron chi connectivity index (χ3n) is 12.8. The van der Waals surface area contributed by atoms with Gasteiger partial charge in [0.15, 0.2) is 6.10 Å². The van der Waals surface area contributed by atoms with Crippen molar-refractivity contribution in [3.05, 3.63) is 48.6 Å². The zero-order chi connectivity index (χ0) is 48.6. The van der Waals surface area contributed by atoms with E-state index in [9.17, 15) is 14.4 Å². The number of hydrogen-bond donors (Lipinski definition) is 0. The Labute approximate surface area is 416 Å². The first-order valence-corrected chi connectivity index (χ1v) is 29.1. The molecule has 0 aromatic carbocycles. The third-order valence-corrected chi connectivity index (χ3v) is 12.8. The summed E-state index contributed by atoms with van der Waals surface area (Å²) in [6, 6.07) is 0. The van der Waals surface area contributed by atoms with Crippen LogP contribution >= 0.6 is 0 Å². The SMILES string of the molecule is CCCCC/C=C\C/C=C\CCCCCCCCCC(=O)OC[C@H](COC(=O)CCCCCCCCC/C=C\CCCCCCCC)OC(=O)CCCCCCCCC/C=C\CCCCCC. The van der Waals surface area contributed by atoms with Crippen LogP contribution in [0.15, 0.2) is 48.6 Å². The molecule has 0 N–H and O–H groups in total. The van der Waals surface area contributed by atoms with Crippen molar-refractivity contribution >= 4 is 17.9 Å². The topological polar surface area (TPSA) is 78.9 Å². The van der Waals surface area contributed by atoms with Crippen LogP contribution in [0, 0.1) is 0 Å². The molecule has 0 fully saturated rings. The normalized spacial score (nSPS) is 12.3. The van der Waals surface area contributed by atoms with Gasteiger partial charge in [-0.25, -0.2) is 0 Å². The fraction of sp³-hybridized carbons (Fsp3) is 0.820. The van der Waals surface area contributed by atoms with Crippen molar-refractivity contribution < 1.29 is 28.6 Å². The van der Waals surface area contributed by atoms with E-state index in [0.29, 0.717) is 19.3 Å². The van der Waals surface area contributed by atoms with E-state index in [1.54, 1.807) is 0 Å². The molecule has 0 aliphatic carbocycles. The van der Waals surface area contributed by atoms with Crippen molar-refractivity contribution in [2.24, 2.45) is 0 Å². The predicted molar refractivity (Wildman–Crippen MR) is 289 cm³/mol. The summed E-state index contributed by atoms with van der Waals surface area (Å²) >= 11 is 0. The van der Waals surface area contributed by atoms with E-state index in [1.807, 2.05) is 0 Å². The Balaban J connectivity index is 4.38. The number of allylic oxidation sites excluding steroid dienone is 8. The highest BCUT2D eigenvalue weighted by atomic mass is 16.6. The second kappa shape index (κ2) is 56.0. The van der Waals surface area contributed by atoms with E-state index in [0.717, 1.165) is 70.6 Å². The highest BCUT2D eigenvalue weighted by molar-refractivity contribution is 5.71. The Morgan fingerprint density at radius 1 is 0.299 bits per heavy atom. The minimum absolute atomic E-state index is 0.0781. The fourth-order valence-electron chi connectivity index (χ4n) is 8.35. The van der Waals surface area contributed by atoms with Gasteiger partial charge >= 0.3 is 17.9 Å². The summed E-state index contributed by atoms with van der Waals surface area (Å²) in [5.41, 5.74) is 0. The fourth-order valence-corrected chi connectivity index (χ4v) is 8.35. The van der Waals surface area contributed by atoms with Crippen molar-refractivity contribution in [1.29, 1.82) is 0 Å². The molecule has 0 amide bonds. The van der Waals surface area contributed by atoms with Gasteiger partial charge in [-0.05, 0) is 103 Å². The van der Waals surface area contributed by atoms with E-state index in [-0.39, 0.29) is 31.1 Å². The van der Waals surface area contributed by atoms with Crippen molar-refractivity contribution in [3.8, 4) is 0 Å². The molecule has 0 aliphatic heterocycles. The number of ether oxygens (including phenoxy) is 3. The Kier molecular flexibility index (Phi) is 53.8. The molecular weight excluding hydrogens is 829 g/mol. The molecule has 6 heteroatoms. The summed E-state index contributed by atoms with van der Waals surface area (Å²) in [7, 11) is 0. The molecule has 0 aromatic rings. The van der Waals surface area contributed by atoms with Crippen LogP contribution in [-0.2, 0) is 28.6 Å². The van der Waals surface area contributed by atoms with Crippen LogP contribution in [0.2, 0.25) is 0 Å². The Morgan fingerprint density at radius 2 is 0.537 bits per heavy atom. The zero-order valence-corrected chi connectivity index (χ0v) is 44.7. The molecular formula is C61H110O6. The summed E-state index contributed by atoms with van der Waals surface area (Å²) in [5.74, 6) is -0.881.